The number of hydrogen-bond donors (Lipinski definition) is 1. The van der Waals surface area contributed by atoms with Crippen LogP contribution in [0.5, 0.6) is 0 Å². The Hall–Kier alpha value is -1.13. The molecule has 0 aromatic rings. The number of amides is 1. The van der Waals surface area contributed by atoms with Crippen LogP contribution < -0.4 is 0 Å². The number of likely N-dealkylation sites (tertiary alicyclic amines) is 1. The number of carbonyl (C=O) groups excluding carboxylic acids is 1. The number of carbonyl (C=O) groups is 1. The van der Waals surface area contributed by atoms with E-state index in [-0.39, 0.29) is 12.1 Å². The van der Waals surface area contributed by atoms with E-state index in [1.807, 2.05) is 25.7 Å². The molecular formula is C13H23N3O2. The molecule has 1 unspecified atom stereocenters. The van der Waals surface area contributed by atoms with Gasteiger partial charge in [-0.15, -0.1) is 0 Å². The Morgan fingerprint density at radius 2 is 2.00 bits per heavy atom. The normalized spacial score (nSPS) is 31.9. The minimum absolute atomic E-state index is 0.179. The van der Waals surface area contributed by atoms with Crippen LogP contribution in [0.4, 0.5) is 4.79 Å². The molecule has 1 saturated heterocycles. The molecule has 0 aromatic heterocycles. The van der Waals surface area contributed by atoms with Gasteiger partial charge in [0.2, 0.25) is 0 Å². The van der Waals surface area contributed by atoms with E-state index >= 15 is 0 Å². The van der Waals surface area contributed by atoms with E-state index in [2.05, 4.69) is 5.11 Å². The summed E-state index contributed by atoms with van der Waals surface area (Å²) in [4.78, 5) is 13.8. The second-order valence-corrected chi connectivity index (χ2v) is 6.49. The van der Waals surface area contributed by atoms with Crippen molar-refractivity contribution < 1.29 is 9.53 Å². The highest BCUT2D eigenvalue weighted by atomic mass is 16.6. The van der Waals surface area contributed by atoms with Crippen molar-refractivity contribution in [3.63, 3.8) is 0 Å². The number of fused-ring (bicyclic) bond motifs is 1. The van der Waals surface area contributed by atoms with Gasteiger partial charge in [0, 0.05) is 13.1 Å². The Balaban J connectivity index is 1.91. The first kappa shape index (κ1) is 13.3. The molecule has 0 aromatic carbocycles. The largest absolute Gasteiger partial charge is 0.444 e. The Bertz CT molecular complexity index is 338. The van der Waals surface area contributed by atoms with Crippen LogP contribution in [0.3, 0.4) is 0 Å². The van der Waals surface area contributed by atoms with Crippen molar-refractivity contribution in [3.8, 4) is 0 Å². The van der Waals surface area contributed by atoms with Gasteiger partial charge in [-0.2, -0.15) is 5.11 Å². The fourth-order valence-electron chi connectivity index (χ4n) is 3.05. The molecule has 2 rings (SSSR count). The number of piperidine rings is 1. The molecule has 1 N–H and O–H groups in total. The average Bonchev–Trinajstić information content (AvgIpc) is 2.68. The van der Waals surface area contributed by atoms with Crippen LogP contribution in [-0.4, -0.2) is 35.7 Å². The third-order valence-electron chi connectivity index (χ3n) is 3.88. The lowest BCUT2D eigenvalue weighted by Crippen LogP contribution is -2.44. The molecule has 0 radical (unpaired) electrons. The first-order chi connectivity index (χ1) is 8.39. The third-order valence-corrected chi connectivity index (χ3v) is 3.88. The zero-order valence-electron chi connectivity index (χ0n) is 11.5. The average molecular weight is 253 g/mol. The highest BCUT2D eigenvalue weighted by molar-refractivity contribution is 5.68. The van der Waals surface area contributed by atoms with Crippen molar-refractivity contribution >= 4 is 6.09 Å². The first-order valence-electron chi connectivity index (χ1n) is 6.73. The Labute approximate surface area is 108 Å². The Morgan fingerprint density at radius 1 is 1.33 bits per heavy atom. The topological polar surface area (TPSA) is 65.8 Å². The van der Waals surface area contributed by atoms with Crippen molar-refractivity contribution in [1.29, 1.82) is 5.53 Å². The number of hydrogen-bond acceptors (Lipinski definition) is 4. The molecule has 5 heteroatoms. The van der Waals surface area contributed by atoms with E-state index in [1.165, 1.54) is 0 Å². The Kier molecular flexibility index (Phi) is 3.59. The smallest absolute Gasteiger partial charge is 0.410 e. The molecule has 1 aliphatic heterocycles. The van der Waals surface area contributed by atoms with E-state index < -0.39 is 5.60 Å². The minimum Gasteiger partial charge on any atom is -0.444 e. The molecule has 1 saturated carbocycles. The zero-order valence-corrected chi connectivity index (χ0v) is 11.5. The lowest BCUT2D eigenvalue weighted by atomic mass is 9.89. The van der Waals surface area contributed by atoms with Crippen LogP contribution in [0, 0.1) is 17.4 Å². The number of rotatable bonds is 1. The fourth-order valence-corrected chi connectivity index (χ4v) is 3.05. The predicted molar refractivity (Wildman–Crippen MR) is 67.6 cm³/mol. The zero-order chi connectivity index (χ0) is 13.3. The van der Waals surface area contributed by atoms with Gasteiger partial charge in [0.15, 0.2) is 0 Å². The van der Waals surface area contributed by atoms with Gasteiger partial charge in [0.05, 0.1) is 6.04 Å². The van der Waals surface area contributed by atoms with Gasteiger partial charge < -0.3 is 9.64 Å². The molecule has 2 aliphatic rings. The molecule has 0 bridgehead atoms. The molecule has 5 nitrogen and oxygen atoms in total. The van der Waals surface area contributed by atoms with Gasteiger partial charge in [-0.3, -0.25) is 0 Å². The fraction of sp³-hybridized carbons (Fsp3) is 0.923. The molecule has 0 spiro atoms. The molecule has 1 amide bonds. The summed E-state index contributed by atoms with van der Waals surface area (Å²) in [5.41, 5.74) is 6.70. The van der Waals surface area contributed by atoms with Crippen molar-refractivity contribution in [2.75, 3.05) is 13.1 Å². The van der Waals surface area contributed by atoms with Gasteiger partial charge in [-0.25, -0.2) is 10.3 Å². The molecule has 18 heavy (non-hydrogen) atoms. The van der Waals surface area contributed by atoms with E-state index in [0.717, 1.165) is 32.4 Å². The highest BCUT2D eigenvalue weighted by Gasteiger charge is 2.40. The molecule has 1 aliphatic carbocycles. The summed E-state index contributed by atoms with van der Waals surface area (Å²) >= 11 is 0. The van der Waals surface area contributed by atoms with Gasteiger partial charge in [0.1, 0.15) is 5.60 Å². The second-order valence-electron chi connectivity index (χ2n) is 6.49. The molecular weight excluding hydrogens is 230 g/mol. The summed E-state index contributed by atoms with van der Waals surface area (Å²) in [6.45, 7) is 7.22. The number of nitrogens with zero attached hydrogens (tertiary/aromatic N) is 2. The standard InChI is InChI=1S/C13H23N3O2/c1-13(2,3)18-12(17)16-5-4-9-6-11(15-14)7-10(9)8-16/h9-11,14H,4-8H2,1-3H3/t9?,10-,11-/m1/s1. The highest BCUT2D eigenvalue weighted by Crippen LogP contribution is 2.39. The summed E-state index contributed by atoms with van der Waals surface area (Å²) in [6.07, 6.45) is 2.80. The van der Waals surface area contributed by atoms with Crippen LogP contribution in [0.2, 0.25) is 0 Å². The minimum atomic E-state index is -0.428. The van der Waals surface area contributed by atoms with Gasteiger partial charge >= 0.3 is 6.09 Å². The van der Waals surface area contributed by atoms with Gasteiger partial charge in [0.25, 0.3) is 0 Å². The second kappa shape index (κ2) is 4.86. The maximum Gasteiger partial charge on any atom is 0.410 e. The molecule has 102 valence electrons. The van der Waals surface area contributed by atoms with Crippen LogP contribution in [0.25, 0.3) is 0 Å². The Morgan fingerprint density at radius 3 is 2.61 bits per heavy atom. The van der Waals surface area contributed by atoms with Gasteiger partial charge in [-0.05, 0) is 51.9 Å². The van der Waals surface area contributed by atoms with E-state index in [9.17, 15) is 4.79 Å². The number of ether oxygens (including phenoxy) is 1. The summed E-state index contributed by atoms with van der Waals surface area (Å²) in [6, 6.07) is 0.179. The quantitative estimate of drug-likeness (QED) is 0.730. The van der Waals surface area contributed by atoms with Crippen molar-refractivity contribution in [2.45, 2.75) is 51.7 Å². The third kappa shape index (κ3) is 3.00. The molecule has 2 fully saturated rings. The summed E-state index contributed by atoms with van der Waals surface area (Å²) in [5.74, 6) is 1.15. The summed E-state index contributed by atoms with van der Waals surface area (Å²) < 4.78 is 5.41. The monoisotopic (exact) mass is 253 g/mol. The first-order valence-corrected chi connectivity index (χ1v) is 6.73. The van der Waals surface area contributed by atoms with Crippen LogP contribution >= 0.6 is 0 Å². The van der Waals surface area contributed by atoms with E-state index in [1.54, 1.807) is 0 Å². The predicted octanol–water partition coefficient (Wildman–Crippen LogP) is 3.05. The lowest BCUT2D eigenvalue weighted by Gasteiger charge is -2.35. The maximum atomic E-state index is 12.0. The maximum absolute atomic E-state index is 12.0. The van der Waals surface area contributed by atoms with E-state index in [4.69, 9.17) is 10.3 Å². The van der Waals surface area contributed by atoms with Crippen LogP contribution in [0.1, 0.15) is 40.0 Å². The lowest BCUT2D eigenvalue weighted by molar-refractivity contribution is 0.0127. The van der Waals surface area contributed by atoms with Crippen LogP contribution in [0.15, 0.2) is 5.11 Å². The van der Waals surface area contributed by atoms with Crippen molar-refractivity contribution in [2.24, 2.45) is 17.0 Å². The number of nitrogens with one attached hydrogen (secondary N) is 1. The molecule has 1 heterocycles. The van der Waals surface area contributed by atoms with Crippen molar-refractivity contribution in [1.82, 2.24) is 4.90 Å². The summed E-state index contributed by atoms with van der Waals surface area (Å²) in [5, 5.41) is 3.66. The van der Waals surface area contributed by atoms with E-state index in [0.29, 0.717) is 11.8 Å². The molecule has 3 atom stereocenters. The SMILES string of the molecule is CC(C)(C)OC(=O)N1CCC2C[C@@H](N=N)C[C@@H]2C1. The van der Waals surface area contributed by atoms with Gasteiger partial charge in [-0.1, -0.05) is 0 Å². The van der Waals surface area contributed by atoms with Crippen molar-refractivity contribution in [3.05, 3.63) is 0 Å². The van der Waals surface area contributed by atoms with Crippen LogP contribution in [-0.2, 0) is 4.74 Å². The summed E-state index contributed by atoms with van der Waals surface area (Å²) in [7, 11) is 0.